The van der Waals surface area contributed by atoms with Gasteiger partial charge < -0.3 is 44.2 Å². The number of thioether (sulfide) groups is 4. The zero-order valence-corrected chi connectivity index (χ0v) is 25.3. The summed E-state index contributed by atoms with van der Waals surface area (Å²) in [6.07, 6.45) is 8.00. The van der Waals surface area contributed by atoms with Gasteiger partial charge in [0.15, 0.2) is 0 Å². The first kappa shape index (κ1) is 46.0. The van der Waals surface area contributed by atoms with Crippen molar-refractivity contribution in [3.8, 4) is 0 Å². The number of hydrogen-bond acceptors (Lipinski definition) is 12. The fraction of sp³-hybridized carbons (Fsp3) is 0.810. The standard InChI is InChI=1S/C7H15N3O2S.2C5H12N2OS.C3H9NS.CH4/c1-13-3-2-9-7(12)5-10-6(11)4-8;2*1-9-3-2-7-5(8)4-6;1-5-3-2-4;/h2-5,8H2,1H3,(H,9,12)(H,10,11);2*2-4,6H2,1H3,(H,7,8);2-4H2,1H3;1H4. The molecule has 0 aliphatic heterocycles. The maximum atomic E-state index is 11.0. The van der Waals surface area contributed by atoms with Gasteiger partial charge in [0.1, 0.15) is 0 Å². The molecule has 224 valence electrons. The van der Waals surface area contributed by atoms with Gasteiger partial charge in [-0.05, 0) is 25.0 Å². The summed E-state index contributed by atoms with van der Waals surface area (Å²) in [6.45, 7) is 2.97. The highest BCUT2D eigenvalue weighted by atomic mass is 32.2. The van der Waals surface area contributed by atoms with E-state index in [1.165, 1.54) is 0 Å². The quantitative estimate of drug-likeness (QED) is 0.0922. The van der Waals surface area contributed by atoms with Crippen molar-refractivity contribution >= 4 is 70.7 Å². The molecule has 4 amide bonds. The van der Waals surface area contributed by atoms with Crippen molar-refractivity contribution in [2.75, 3.05) is 100 Å². The van der Waals surface area contributed by atoms with Crippen LogP contribution in [0.2, 0.25) is 0 Å². The molecule has 12 nitrogen and oxygen atoms in total. The number of hydrogen-bond donors (Lipinski definition) is 8. The van der Waals surface area contributed by atoms with Crippen molar-refractivity contribution in [3.05, 3.63) is 0 Å². The van der Waals surface area contributed by atoms with Crippen molar-refractivity contribution in [2.45, 2.75) is 7.43 Å². The topological polar surface area (TPSA) is 220 Å². The summed E-state index contributed by atoms with van der Waals surface area (Å²) in [6, 6.07) is 0. The Balaban J connectivity index is -0.000000128. The van der Waals surface area contributed by atoms with Crippen molar-refractivity contribution in [3.63, 3.8) is 0 Å². The Kier molecular flexibility index (Phi) is 52.5. The van der Waals surface area contributed by atoms with E-state index in [1.54, 1.807) is 47.0 Å². The highest BCUT2D eigenvalue weighted by Gasteiger charge is 2.02. The lowest BCUT2D eigenvalue weighted by atomic mass is 10.5. The van der Waals surface area contributed by atoms with E-state index in [4.69, 9.17) is 22.9 Å². The average molecular weight is 609 g/mol. The molecule has 12 N–H and O–H groups in total. The Morgan fingerprint density at radius 3 is 1.05 bits per heavy atom. The van der Waals surface area contributed by atoms with Crippen LogP contribution in [-0.4, -0.2) is 124 Å². The van der Waals surface area contributed by atoms with Crippen LogP contribution in [-0.2, 0) is 19.2 Å². The molecule has 0 fully saturated rings. The van der Waals surface area contributed by atoms with Crippen LogP contribution >= 0.6 is 47.0 Å². The molecule has 0 rings (SSSR count). The maximum absolute atomic E-state index is 11.0. The Morgan fingerprint density at radius 2 is 0.811 bits per heavy atom. The predicted octanol–water partition coefficient (Wildman–Crippen LogP) is -1.67. The third-order valence-electron chi connectivity index (χ3n) is 3.21. The summed E-state index contributed by atoms with van der Waals surface area (Å²) in [5.74, 6) is 3.19. The Morgan fingerprint density at radius 1 is 0.514 bits per heavy atom. The molecule has 0 saturated heterocycles. The van der Waals surface area contributed by atoms with Crippen LogP contribution < -0.4 is 44.2 Å². The van der Waals surface area contributed by atoms with Crippen LogP contribution in [0, 0.1) is 0 Å². The van der Waals surface area contributed by atoms with E-state index in [9.17, 15) is 19.2 Å². The summed E-state index contributed by atoms with van der Waals surface area (Å²) >= 11 is 6.82. The van der Waals surface area contributed by atoms with Crippen molar-refractivity contribution in [1.82, 2.24) is 21.3 Å². The van der Waals surface area contributed by atoms with Gasteiger partial charge in [-0.15, -0.1) is 0 Å². The molecule has 16 heteroatoms. The smallest absolute Gasteiger partial charge is 0.239 e. The third-order valence-corrected chi connectivity index (χ3v) is 5.69. The molecule has 0 spiro atoms. The molecule has 0 radical (unpaired) electrons. The lowest BCUT2D eigenvalue weighted by molar-refractivity contribution is -0.125. The molecule has 0 saturated carbocycles. The van der Waals surface area contributed by atoms with Crippen LogP contribution in [0.25, 0.3) is 0 Å². The fourth-order valence-electron chi connectivity index (χ4n) is 1.45. The summed E-state index contributed by atoms with van der Waals surface area (Å²) in [5, 5.41) is 10.3. The molecular weight excluding hydrogens is 557 g/mol. The average Bonchev–Trinajstić information content (AvgIpc) is 2.89. The Bertz CT molecular complexity index is 501. The van der Waals surface area contributed by atoms with Gasteiger partial charge in [-0.1, -0.05) is 7.43 Å². The van der Waals surface area contributed by atoms with E-state index in [-0.39, 0.29) is 57.2 Å². The summed E-state index contributed by atoms with van der Waals surface area (Å²) < 4.78 is 0. The van der Waals surface area contributed by atoms with Gasteiger partial charge in [0.2, 0.25) is 23.6 Å². The Hall–Kier alpha value is -0.880. The van der Waals surface area contributed by atoms with Crippen molar-refractivity contribution in [1.29, 1.82) is 0 Å². The van der Waals surface area contributed by atoms with Gasteiger partial charge in [-0.2, -0.15) is 47.0 Å². The highest BCUT2D eigenvalue weighted by Crippen LogP contribution is 1.87. The fourth-order valence-corrected chi connectivity index (χ4v) is 2.61. The van der Waals surface area contributed by atoms with Gasteiger partial charge in [-0.25, -0.2) is 0 Å². The second kappa shape index (κ2) is 42.2. The monoisotopic (exact) mass is 608 g/mol. The SMILES string of the molecule is C.CSCCN.CSCCNC(=O)CN.CSCCNC(=O)CN.CSCCNC(=O)CNC(=O)CN. The molecule has 37 heavy (non-hydrogen) atoms. The molecular formula is C21H52N8O4S4. The second-order valence-electron chi connectivity index (χ2n) is 6.20. The maximum Gasteiger partial charge on any atom is 0.239 e. The normalized spacial score (nSPS) is 8.86. The largest absolute Gasteiger partial charge is 0.354 e. The van der Waals surface area contributed by atoms with E-state index in [0.717, 1.165) is 42.6 Å². The number of rotatable bonds is 16. The molecule has 0 aromatic rings. The van der Waals surface area contributed by atoms with Gasteiger partial charge >= 0.3 is 0 Å². The highest BCUT2D eigenvalue weighted by molar-refractivity contribution is 7.99. The minimum Gasteiger partial charge on any atom is -0.354 e. The van der Waals surface area contributed by atoms with Gasteiger partial charge in [0.25, 0.3) is 0 Å². The molecule has 0 unspecified atom stereocenters. The zero-order valence-electron chi connectivity index (χ0n) is 22.1. The van der Waals surface area contributed by atoms with Crippen LogP contribution in [0.15, 0.2) is 0 Å². The van der Waals surface area contributed by atoms with E-state index >= 15 is 0 Å². The van der Waals surface area contributed by atoms with E-state index in [0.29, 0.717) is 6.54 Å². The first-order valence-corrected chi connectivity index (χ1v) is 16.6. The molecule has 0 heterocycles. The summed E-state index contributed by atoms with van der Waals surface area (Å²) in [4.78, 5) is 42.5. The minimum absolute atomic E-state index is 0. The van der Waals surface area contributed by atoms with Crippen LogP contribution in [0.3, 0.4) is 0 Å². The summed E-state index contributed by atoms with van der Waals surface area (Å²) in [7, 11) is 0. The van der Waals surface area contributed by atoms with Crippen molar-refractivity contribution in [2.24, 2.45) is 22.9 Å². The molecule has 0 aliphatic rings. The lowest BCUT2D eigenvalue weighted by Gasteiger charge is -2.04. The molecule has 0 bridgehead atoms. The second-order valence-corrected chi connectivity index (χ2v) is 10.1. The number of nitrogens with two attached hydrogens (primary N) is 4. The van der Waals surface area contributed by atoms with E-state index in [1.807, 2.05) is 25.0 Å². The Labute approximate surface area is 241 Å². The first-order chi connectivity index (χ1) is 17.2. The zero-order chi connectivity index (χ0) is 28.5. The van der Waals surface area contributed by atoms with Crippen LogP contribution in [0.5, 0.6) is 0 Å². The number of carbonyl (C=O) groups is 4. The lowest BCUT2D eigenvalue weighted by Crippen LogP contribution is -2.40. The van der Waals surface area contributed by atoms with Crippen LogP contribution in [0.1, 0.15) is 7.43 Å². The molecule has 0 aromatic heterocycles. The summed E-state index contributed by atoms with van der Waals surface area (Å²) in [5.41, 5.74) is 20.2. The van der Waals surface area contributed by atoms with Gasteiger partial charge in [0.05, 0.1) is 26.2 Å². The van der Waals surface area contributed by atoms with Gasteiger partial charge in [0, 0.05) is 49.2 Å². The molecule has 0 atom stereocenters. The number of carbonyl (C=O) groups excluding carboxylic acids is 4. The van der Waals surface area contributed by atoms with E-state index in [2.05, 4.69) is 21.3 Å². The number of nitrogens with one attached hydrogen (secondary N) is 4. The van der Waals surface area contributed by atoms with Crippen LogP contribution in [0.4, 0.5) is 0 Å². The molecule has 0 aromatic carbocycles. The van der Waals surface area contributed by atoms with E-state index < -0.39 is 0 Å². The first-order valence-electron chi connectivity index (χ1n) is 11.1. The number of amides is 4. The van der Waals surface area contributed by atoms with Crippen molar-refractivity contribution < 1.29 is 19.2 Å². The molecule has 0 aliphatic carbocycles. The minimum atomic E-state index is -0.319. The van der Waals surface area contributed by atoms with Gasteiger partial charge in [-0.3, -0.25) is 19.2 Å². The predicted molar refractivity (Wildman–Crippen MR) is 169 cm³/mol. The third kappa shape index (κ3) is 52.4.